The average Bonchev–Trinajstić information content (AvgIpc) is 2.28. The Bertz CT molecular complexity index is 518. The van der Waals surface area contributed by atoms with E-state index in [-0.39, 0.29) is 11.4 Å². The van der Waals surface area contributed by atoms with Crippen LogP contribution in [0.3, 0.4) is 0 Å². The second-order valence-electron chi connectivity index (χ2n) is 3.01. The van der Waals surface area contributed by atoms with Gasteiger partial charge in [-0.05, 0) is 12.1 Å². The first-order chi connectivity index (χ1) is 8.40. The molecular formula is C10H7NO7. The van der Waals surface area contributed by atoms with E-state index in [0.717, 1.165) is 24.3 Å². The van der Waals surface area contributed by atoms with Crippen LogP contribution in [0.25, 0.3) is 0 Å². The highest BCUT2D eigenvalue weighted by Crippen LogP contribution is 2.19. The summed E-state index contributed by atoms with van der Waals surface area (Å²) in [5.41, 5.74) is -0.193. The van der Waals surface area contributed by atoms with Crippen molar-refractivity contribution in [2.75, 3.05) is 0 Å². The Balaban J connectivity index is 2.92. The first-order valence-corrected chi connectivity index (χ1v) is 4.50. The zero-order valence-corrected chi connectivity index (χ0v) is 8.77. The van der Waals surface area contributed by atoms with Crippen LogP contribution in [0.1, 0.15) is 0 Å². The maximum Gasteiger partial charge on any atom is 0.372 e. The third-order valence-corrected chi connectivity index (χ3v) is 1.74. The Morgan fingerprint density at radius 1 is 1.22 bits per heavy atom. The number of non-ortho nitro benzene ring substituents is 1. The molecule has 0 aromatic heterocycles. The Labute approximate surface area is 99.9 Å². The van der Waals surface area contributed by atoms with Crippen LogP contribution in [0.5, 0.6) is 5.75 Å². The van der Waals surface area contributed by atoms with E-state index in [0.29, 0.717) is 6.08 Å². The van der Waals surface area contributed by atoms with Gasteiger partial charge in [-0.15, -0.1) is 0 Å². The molecule has 0 aliphatic rings. The first kappa shape index (κ1) is 13.2. The molecule has 0 saturated heterocycles. The summed E-state index contributed by atoms with van der Waals surface area (Å²) < 4.78 is 4.78. The fourth-order valence-electron chi connectivity index (χ4n) is 1.01. The summed E-state index contributed by atoms with van der Waals surface area (Å²) in [5, 5.41) is 27.4. The summed E-state index contributed by atoms with van der Waals surface area (Å²) >= 11 is 0. The summed E-state index contributed by atoms with van der Waals surface area (Å²) in [6.07, 6.45) is 0.379. The van der Waals surface area contributed by atoms with Crippen molar-refractivity contribution in [1.82, 2.24) is 0 Å². The molecule has 0 spiro atoms. The molecule has 0 saturated carbocycles. The number of ether oxygens (including phenoxy) is 1. The lowest BCUT2D eigenvalue weighted by Crippen LogP contribution is -2.10. The van der Waals surface area contributed by atoms with Crippen molar-refractivity contribution < 1.29 is 29.5 Å². The van der Waals surface area contributed by atoms with E-state index < -0.39 is 22.6 Å². The Morgan fingerprint density at radius 3 is 2.17 bits per heavy atom. The molecular weight excluding hydrogens is 246 g/mol. The van der Waals surface area contributed by atoms with Gasteiger partial charge in [0.1, 0.15) is 5.75 Å². The van der Waals surface area contributed by atoms with Gasteiger partial charge in [-0.3, -0.25) is 10.1 Å². The number of aliphatic carboxylic acids is 2. The van der Waals surface area contributed by atoms with Gasteiger partial charge in [-0.1, -0.05) is 0 Å². The molecule has 0 aliphatic carbocycles. The van der Waals surface area contributed by atoms with E-state index in [9.17, 15) is 19.7 Å². The molecule has 0 fully saturated rings. The molecule has 2 N–H and O–H groups in total. The standard InChI is InChI=1S/C10H7NO7/c12-9(13)5-8(10(14)15)18-7-3-1-6(2-4-7)11(16)17/h1-5H,(H,12,13)(H,14,15). The predicted octanol–water partition coefficient (Wildman–Crippen LogP) is 1.03. The van der Waals surface area contributed by atoms with Crippen molar-refractivity contribution in [2.24, 2.45) is 0 Å². The van der Waals surface area contributed by atoms with Gasteiger partial charge in [0.05, 0.1) is 11.0 Å². The summed E-state index contributed by atoms with van der Waals surface area (Å²) in [6.45, 7) is 0. The van der Waals surface area contributed by atoms with E-state index in [4.69, 9.17) is 14.9 Å². The third kappa shape index (κ3) is 3.59. The van der Waals surface area contributed by atoms with Crippen LogP contribution in [-0.4, -0.2) is 27.1 Å². The lowest BCUT2D eigenvalue weighted by atomic mass is 10.3. The van der Waals surface area contributed by atoms with Crippen molar-refractivity contribution >= 4 is 17.6 Å². The fraction of sp³-hybridized carbons (Fsp3) is 0. The summed E-state index contributed by atoms with van der Waals surface area (Å²) in [4.78, 5) is 30.7. The van der Waals surface area contributed by atoms with Crippen LogP contribution in [0.15, 0.2) is 36.1 Å². The number of nitrogens with zero attached hydrogens (tertiary/aromatic N) is 1. The van der Waals surface area contributed by atoms with E-state index in [2.05, 4.69) is 0 Å². The molecule has 0 unspecified atom stereocenters. The van der Waals surface area contributed by atoms with Crippen LogP contribution in [-0.2, 0) is 9.59 Å². The molecule has 1 aromatic carbocycles. The second-order valence-corrected chi connectivity index (χ2v) is 3.01. The molecule has 1 rings (SSSR count). The minimum Gasteiger partial charge on any atom is -0.478 e. The maximum atomic E-state index is 10.6. The van der Waals surface area contributed by atoms with E-state index in [1.165, 1.54) is 0 Å². The van der Waals surface area contributed by atoms with Crippen molar-refractivity contribution in [3.05, 3.63) is 46.2 Å². The molecule has 0 bridgehead atoms. The number of carbonyl (C=O) groups is 2. The number of carboxylic acid groups (broad SMARTS) is 2. The molecule has 0 radical (unpaired) electrons. The quantitative estimate of drug-likeness (QED) is 0.347. The summed E-state index contributed by atoms with van der Waals surface area (Å²) in [6, 6.07) is 4.54. The number of hydrogen-bond acceptors (Lipinski definition) is 5. The third-order valence-electron chi connectivity index (χ3n) is 1.74. The molecule has 0 heterocycles. The van der Waals surface area contributed by atoms with E-state index >= 15 is 0 Å². The van der Waals surface area contributed by atoms with Gasteiger partial charge in [-0.25, -0.2) is 9.59 Å². The molecule has 8 heteroatoms. The van der Waals surface area contributed by atoms with Crippen LogP contribution in [0.4, 0.5) is 5.69 Å². The van der Waals surface area contributed by atoms with Gasteiger partial charge < -0.3 is 14.9 Å². The molecule has 0 atom stereocenters. The number of benzene rings is 1. The van der Waals surface area contributed by atoms with Gasteiger partial charge in [0, 0.05) is 12.1 Å². The van der Waals surface area contributed by atoms with E-state index in [1.807, 2.05) is 0 Å². The summed E-state index contributed by atoms with van der Waals surface area (Å²) in [7, 11) is 0. The minimum atomic E-state index is -1.56. The fourth-order valence-corrected chi connectivity index (χ4v) is 1.01. The molecule has 94 valence electrons. The van der Waals surface area contributed by atoms with Crippen molar-refractivity contribution in [1.29, 1.82) is 0 Å². The monoisotopic (exact) mass is 253 g/mol. The largest absolute Gasteiger partial charge is 0.478 e. The highest BCUT2D eigenvalue weighted by Gasteiger charge is 2.13. The lowest BCUT2D eigenvalue weighted by Gasteiger charge is -2.04. The topological polar surface area (TPSA) is 127 Å². The molecule has 8 nitrogen and oxygen atoms in total. The number of rotatable bonds is 5. The van der Waals surface area contributed by atoms with Crippen LogP contribution < -0.4 is 4.74 Å². The SMILES string of the molecule is O=C(O)C=C(Oc1ccc([N+](=O)[O-])cc1)C(=O)O. The number of nitro groups is 1. The normalized spacial score (nSPS) is 10.8. The average molecular weight is 253 g/mol. The Morgan fingerprint density at radius 2 is 1.78 bits per heavy atom. The predicted molar refractivity (Wildman–Crippen MR) is 57.1 cm³/mol. The highest BCUT2D eigenvalue weighted by molar-refractivity contribution is 5.93. The van der Waals surface area contributed by atoms with Gasteiger partial charge in [0.25, 0.3) is 5.69 Å². The molecule has 0 aliphatic heterocycles. The van der Waals surface area contributed by atoms with Crippen molar-refractivity contribution in [2.45, 2.75) is 0 Å². The van der Waals surface area contributed by atoms with Crippen LogP contribution in [0.2, 0.25) is 0 Å². The summed E-state index contributed by atoms with van der Waals surface area (Å²) in [5.74, 6) is -3.85. The highest BCUT2D eigenvalue weighted by atomic mass is 16.6. The van der Waals surface area contributed by atoms with Gasteiger partial charge in [0.15, 0.2) is 0 Å². The zero-order chi connectivity index (χ0) is 13.7. The lowest BCUT2D eigenvalue weighted by molar-refractivity contribution is -0.384. The van der Waals surface area contributed by atoms with Crippen LogP contribution >= 0.6 is 0 Å². The van der Waals surface area contributed by atoms with Crippen molar-refractivity contribution in [3.63, 3.8) is 0 Å². The second kappa shape index (κ2) is 5.43. The van der Waals surface area contributed by atoms with Gasteiger partial charge in [-0.2, -0.15) is 0 Å². The minimum absolute atomic E-state index is 0.0181. The molecule has 1 aromatic rings. The Kier molecular flexibility index (Phi) is 3.98. The van der Waals surface area contributed by atoms with Crippen molar-refractivity contribution in [3.8, 4) is 5.75 Å². The number of nitro benzene ring substituents is 1. The van der Waals surface area contributed by atoms with Gasteiger partial charge in [0.2, 0.25) is 5.76 Å². The number of hydrogen-bond donors (Lipinski definition) is 2. The van der Waals surface area contributed by atoms with Crippen LogP contribution in [0, 0.1) is 10.1 Å². The molecule has 18 heavy (non-hydrogen) atoms. The smallest absolute Gasteiger partial charge is 0.372 e. The Hall–Kier alpha value is -2.90. The first-order valence-electron chi connectivity index (χ1n) is 4.50. The van der Waals surface area contributed by atoms with Gasteiger partial charge >= 0.3 is 11.9 Å². The zero-order valence-electron chi connectivity index (χ0n) is 8.77. The maximum absolute atomic E-state index is 10.6. The van der Waals surface area contributed by atoms with E-state index in [1.54, 1.807) is 0 Å². The number of carboxylic acids is 2. The molecule has 0 amide bonds.